The van der Waals surface area contributed by atoms with E-state index in [4.69, 9.17) is 5.73 Å². The first-order chi connectivity index (χ1) is 6.66. The smallest absolute Gasteiger partial charge is 0.144 e. The molecule has 0 atom stereocenters. The Kier molecular flexibility index (Phi) is 2.21. The topological polar surface area (TPSA) is 51.8 Å². The maximum absolute atomic E-state index is 5.57. The van der Waals surface area contributed by atoms with Gasteiger partial charge in [-0.2, -0.15) is 0 Å². The first-order valence-corrected chi connectivity index (χ1v) is 5.19. The number of thiazole rings is 1. The van der Waals surface area contributed by atoms with Gasteiger partial charge in [0, 0.05) is 11.6 Å². The number of pyridine rings is 1. The van der Waals surface area contributed by atoms with E-state index in [0.29, 0.717) is 5.82 Å². The molecule has 0 unspecified atom stereocenters. The highest BCUT2D eigenvalue weighted by atomic mass is 32.1. The molecule has 0 aromatic carbocycles. The third-order valence-corrected chi connectivity index (χ3v) is 2.81. The molecule has 2 aromatic heterocycles. The van der Waals surface area contributed by atoms with Crippen molar-refractivity contribution in [3.05, 3.63) is 28.8 Å². The summed E-state index contributed by atoms with van der Waals surface area (Å²) in [4.78, 5) is 8.56. The van der Waals surface area contributed by atoms with Crippen LogP contribution in [0.2, 0.25) is 0 Å². The van der Waals surface area contributed by atoms with Crippen LogP contribution in [-0.4, -0.2) is 9.97 Å². The Balaban J connectivity index is 2.52. The number of rotatable bonds is 1. The van der Waals surface area contributed by atoms with Crippen LogP contribution in [0, 0.1) is 13.8 Å². The van der Waals surface area contributed by atoms with Gasteiger partial charge in [0.05, 0.1) is 0 Å². The van der Waals surface area contributed by atoms with Crippen LogP contribution in [0.15, 0.2) is 17.6 Å². The minimum atomic E-state index is 0.562. The van der Waals surface area contributed by atoms with Crippen molar-refractivity contribution in [1.29, 1.82) is 0 Å². The van der Waals surface area contributed by atoms with Gasteiger partial charge in [-0.25, -0.2) is 4.98 Å². The second-order valence-corrected chi connectivity index (χ2v) is 4.11. The standard InChI is InChI=1S/C10H11N3S/c1-6-3-7(2)9(12-4-6)10-13-8(11)5-14-10/h3-5H,11H2,1-2H3. The quantitative estimate of drug-likeness (QED) is 0.777. The Bertz CT molecular complexity index is 462. The van der Waals surface area contributed by atoms with Crippen LogP contribution >= 0.6 is 11.3 Å². The highest BCUT2D eigenvalue weighted by Crippen LogP contribution is 2.25. The lowest BCUT2D eigenvalue weighted by atomic mass is 10.2. The molecule has 2 aromatic rings. The molecule has 2 heterocycles. The number of aryl methyl sites for hydroxylation is 2. The van der Waals surface area contributed by atoms with Gasteiger partial charge in [-0.1, -0.05) is 6.07 Å². The predicted octanol–water partition coefficient (Wildman–Crippen LogP) is 2.40. The number of nitrogens with two attached hydrogens (primary N) is 1. The van der Waals surface area contributed by atoms with Gasteiger partial charge >= 0.3 is 0 Å². The number of hydrogen-bond donors (Lipinski definition) is 1. The summed E-state index contributed by atoms with van der Waals surface area (Å²) in [5.41, 5.74) is 8.80. The van der Waals surface area contributed by atoms with Gasteiger partial charge in [0.25, 0.3) is 0 Å². The molecule has 2 N–H and O–H groups in total. The van der Waals surface area contributed by atoms with Gasteiger partial charge in [0.1, 0.15) is 16.5 Å². The Morgan fingerprint density at radius 3 is 2.71 bits per heavy atom. The third-order valence-electron chi connectivity index (χ3n) is 1.94. The van der Waals surface area contributed by atoms with Crippen LogP contribution < -0.4 is 5.73 Å². The molecule has 0 aliphatic rings. The molecule has 0 bridgehead atoms. The zero-order chi connectivity index (χ0) is 10.1. The first-order valence-electron chi connectivity index (χ1n) is 4.31. The van der Waals surface area contributed by atoms with Gasteiger partial charge in [-0.05, 0) is 25.0 Å². The molecule has 2 rings (SSSR count). The highest BCUT2D eigenvalue weighted by Gasteiger charge is 2.07. The molecule has 0 spiro atoms. The SMILES string of the molecule is Cc1cnc(-c2nc(N)cs2)c(C)c1. The maximum atomic E-state index is 5.57. The van der Waals surface area contributed by atoms with Crippen LogP contribution in [0.25, 0.3) is 10.7 Å². The Hall–Kier alpha value is -1.42. The van der Waals surface area contributed by atoms with E-state index in [2.05, 4.69) is 16.0 Å². The Morgan fingerprint density at radius 1 is 1.36 bits per heavy atom. The van der Waals surface area contributed by atoms with Crippen molar-refractivity contribution < 1.29 is 0 Å². The lowest BCUT2D eigenvalue weighted by molar-refractivity contribution is 1.21. The summed E-state index contributed by atoms with van der Waals surface area (Å²) >= 11 is 1.52. The van der Waals surface area contributed by atoms with E-state index in [1.807, 2.05) is 25.4 Å². The van der Waals surface area contributed by atoms with Crippen molar-refractivity contribution in [3.63, 3.8) is 0 Å². The largest absolute Gasteiger partial charge is 0.383 e. The minimum absolute atomic E-state index is 0.562. The normalized spacial score (nSPS) is 10.4. The number of nitrogens with zero attached hydrogens (tertiary/aromatic N) is 2. The second kappa shape index (κ2) is 3.38. The van der Waals surface area contributed by atoms with Gasteiger partial charge in [-0.3, -0.25) is 4.98 Å². The molecule has 0 saturated heterocycles. The summed E-state index contributed by atoms with van der Waals surface area (Å²) in [6, 6.07) is 2.10. The number of anilines is 1. The number of nitrogen functional groups attached to an aromatic ring is 1. The van der Waals surface area contributed by atoms with E-state index in [0.717, 1.165) is 21.8 Å². The van der Waals surface area contributed by atoms with Crippen LogP contribution in [0.1, 0.15) is 11.1 Å². The minimum Gasteiger partial charge on any atom is -0.383 e. The Morgan fingerprint density at radius 2 is 2.14 bits per heavy atom. The molecule has 3 nitrogen and oxygen atoms in total. The third kappa shape index (κ3) is 1.61. The lowest BCUT2D eigenvalue weighted by Gasteiger charge is -2.01. The molecular weight excluding hydrogens is 194 g/mol. The fraction of sp³-hybridized carbons (Fsp3) is 0.200. The van der Waals surface area contributed by atoms with Crippen LogP contribution in [0.3, 0.4) is 0 Å². The summed E-state index contributed by atoms with van der Waals surface area (Å²) in [5.74, 6) is 0.562. The van der Waals surface area contributed by atoms with E-state index in [1.165, 1.54) is 11.3 Å². The van der Waals surface area contributed by atoms with Gasteiger partial charge < -0.3 is 5.73 Å². The second-order valence-electron chi connectivity index (χ2n) is 3.26. The molecule has 0 aliphatic heterocycles. The molecule has 72 valence electrons. The van der Waals surface area contributed by atoms with E-state index in [-0.39, 0.29) is 0 Å². The number of aromatic nitrogens is 2. The van der Waals surface area contributed by atoms with Gasteiger partial charge in [0.2, 0.25) is 0 Å². The zero-order valence-electron chi connectivity index (χ0n) is 8.11. The van der Waals surface area contributed by atoms with Crippen LogP contribution in [-0.2, 0) is 0 Å². The van der Waals surface area contributed by atoms with Crippen molar-refractivity contribution in [2.45, 2.75) is 13.8 Å². The molecule has 0 aliphatic carbocycles. The fourth-order valence-electron chi connectivity index (χ4n) is 1.33. The van der Waals surface area contributed by atoms with Crippen molar-refractivity contribution in [3.8, 4) is 10.7 Å². The lowest BCUT2D eigenvalue weighted by Crippen LogP contribution is -1.90. The summed E-state index contributed by atoms with van der Waals surface area (Å²) in [5, 5.41) is 2.72. The highest BCUT2D eigenvalue weighted by molar-refractivity contribution is 7.13. The monoisotopic (exact) mass is 205 g/mol. The average Bonchev–Trinajstić information content (AvgIpc) is 2.51. The zero-order valence-corrected chi connectivity index (χ0v) is 8.93. The van der Waals surface area contributed by atoms with Gasteiger partial charge in [0.15, 0.2) is 0 Å². The summed E-state index contributed by atoms with van der Waals surface area (Å²) in [6.07, 6.45) is 1.85. The van der Waals surface area contributed by atoms with Crippen LogP contribution in [0.5, 0.6) is 0 Å². The molecule has 0 amide bonds. The van der Waals surface area contributed by atoms with Crippen molar-refractivity contribution in [2.24, 2.45) is 0 Å². The van der Waals surface area contributed by atoms with Crippen molar-refractivity contribution >= 4 is 17.2 Å². The van der Waals surface area contributed by atoms with Crippen LogP contribution in [0.4, 0.5) is 5.82 Å². The Labute approximate surface area is 86.6 Å². The fourth-order valence-corrected chi connectivity index (χ4v) is 2.10. The average molecular weight is 205 g/mol. The first kappa shape index (κ1) is 9.15. The molecule has 4 heteroatoms. The predicted molar refractivity (Wildman–Crippen MR) is 59.2 cm³/mol. The maximum Gasteiger partial charge on any atom is 0.144 e. The van der Waals surface area contributed by atoms with Crippen molar-refractivity contribution in [2.75, 3.05) is 5.73 Å². The molecule has 0 saturated carbocycles. The van der Waals surface area contributed by atoms with Crippen molar-refractivity contribution in [1.82, 2.24) is 9.97 Å². The summed E-state index contributed by atoms with van der Waals surface area (Å²) < 4.78 is 0. The molecule has 0 fully saturated rings. The van der Waals surface area contributed by atoms with E-state index in [9.17, 15) is 0 Å². The molecular formula is C10H11N3S. The molecule has 0 radical (unpaired) electrons. The van der Waals surface area contributed by atoms with E-state index in [1.54, 1.807) is 0 Å². The number of hydrogen-bond acceptors (Lipinski definition) is 4. The summed E-state index contributed by atoms with van der Waals surface area (Å²) in [6.45, 7) is 4.06. The molecule has 14 heavy (non-hydrogen) atoms. The van der Waals surface area contributed by atoms with E-state index < -0.39 is 0 Å². The van der Waals surface area contributed by atoms with Gasteiger partial charge in [-0.15, -0.1) is 11.3 Å². The summed E-state index contributed by atoms with van der Waals surface area (Å²) in [7, 11) is 0. The van der Waals surface area contributed by atoms with E-state index >= 15 is 0 Å².